The minimum absolute atomic E-state index is 0.0455. The van der Waals surface area contributed by atoms with Gasteiger partial charge in [-0.25, -0.2) is 8.78 Å². The lowest BCUT2D eigenvalue weighted by molar-refractivity contribution is -0.129. The monoisotopic (exact) mass is 619 g/mol. The molecule has 0 bridgehead atoms. The molecular weight excluding hydrogens is 572 g/mol. The Labute approximate surface area is 265 Å². The van der Waals surface area contributed by atoms with Crippen LogP contribution < -0.4 is 10.2 Å². The minimum Gasteiger partial charge on any atom is -0.346 e. The van der Waals surface area contributed by atoms with Gasteiger partial charge in [-0.2, -0.15) is 5.10 Å². The highest BCUT2D eigenvalue weighted by molar-refractivity contribution is 5.79. The number of nitrogens with zero attached hydrogens (tertiary/aromatic N) is 6. The quantitative estimate of drug-likeness (QED) is 0.360. The summed E-state index contributed by atoms with van der Waals surface area (Å²) in [7, 11) is 1.81. The topological polar surface area (TPSA) is 61.6 Å². The highest BCUT2D eigenvalue weighted by Crippen LogP contribution is 2.45. The van der Waals surface area contributed by atoms with Crippen LogP contribution in [0.2, 0.25) is 0 Å². The van der Waals surface area contributed by atoms with Gasteiger partial charge in [0, 0.05) is 99.6 Å². The van der Waals surface area contributed by atoms with Crippen molar-refractivity contribution < 1.29 is 13.6 Å². The first-order valence-electron chi connectivity index (χ1n) is 17.0. The number of likely N-dealkylation sites (tertiary alicyclic amines) is 1. The Kier molecular flexibility index (Phi) is 8.70. The molecule has 0 unspecified atom stereocenters. The number of piperidine rings is 2. The molecule has 0 aliphatic carbocycles. The molecule has 3 aromatic rings. The third-order valence-corrected chi connectivity index (χ3v) is 10.8. The van der Waals surface area contributed by atoms with E-state index in [1.54, 1.807) is 30.1 Å². The number of benzene rings is 1. The van der Waals surface area contributed by atoms with Crippen molar-refractivity contribution in [3.63, 3.8) is 0 Å². The second kappa shape index (κ2) is 12.9. The van der Waals surface area contributed by atoms with Crippen LogP contribution in [0.4, 0.5) is 20.2 Å². The van der Waals surface area contributed by atoms with E-state index < -0.39 is 6.43 Å². The van der Waals surface area contributed by atoms with Crippen molar-refractivity contribution in [1.82, 2.24) is 29.5 Å². The molecule has 1 N–H and O–H groups in total. The Balaban J connectivity index is 1.18. The van der Waals surface area contributed by atoms with Gasteiger partial charge in [0.2, 0.25) is 5.91 Å². The molecule has 0 atom stereocenters. The second-order valence-corrected chi connectivity index (χ2v) is 13.6. The lowest BCUT2D eigenvalue weighted by Crippen LogP contribution is -2.38. The van der Waals surface area contributed by atoms with Crippen molar-refractivity contribution in [2.24, 2.45) is 13.0 Å². The van der Waals surface area contributed by atoms with Crippen molar-refractivity contribution in [2.45, 2.75) is 77.3 Å². The summed E-state index contributed by atoms with van der Waals surface area (Å²) in [6.07, 6.45) is 11.9. The number of carbonyl (C=O) groups is 1. The number of anilines is 2. The molecule has 8 nitrogen and oxygen atoms in total. The van der Waals surface area contributed by atoms with Crippen molar-refractivity contribution in [1.29, 1.82) is 0 Å². The summed E-state index contributed by atoms with van der Waals surface area (Å²) in [5.41, 5.74) is 6.88. The van der Waals surface area contributed by atoms with E-state index in [2.05, 4.69) is 31.0 Å². The van der Waals surface area contributed by atoms with E-state index in [1.165, 1.54) is 37.1 Å². The molecule has 7 rings (SSSR count). The van der Waals surface area contributed by atoms with Crippen molar-refractivity contribution >= 4 is 17.3 Å². The van der Waals surface area contributed by atoms with Gasteiger partial charge in [0.15, 0.2) is 0 Å². The van der Waals surface area contributed by atoms with E-state index in [4.69, 9.17) is 0 Å². The average molecular weight is 620 g/mol. The summed E-state index contributed by atoms with van der Waals surface area (Å²) >= 11 is 0. The Bertz CT molecular complexity index is 1520. The van der Waals surface area contributed by atoms with Gasteiger partial charge < -0.3 is 24.6 Å². The molecule has 0 spiro atoms. The van der Waals surface area contributed by atoms with E-state index in [0.29, 0.717) is 18.2 Å². The zero-order valence-corrected chi connectivity index (χ0v) is 26.8. The first-order valence-corrected chi connectivity index (χ1v) is 17.0. The summed E-state index contributed by atoms with van der Waals surface area (Å²) in [4.78, 5) is 19.4. The van der Waals surface area contributed by atoms with Gasteiger partial charge in [-0.1, -0.05) is 0 Å². The maximum absolute atomic E-state index is 14.6. The van der Waals surface area contributed by atoms with Crippen molar-refractivity contribution in [3.8, 4) is 11.1 Å². The molecule has 10 heteroatoms. The number of halogens is 2. The zero-order chi connectivity index (χ0) is 31.1. The van der Waals surface area contributed by atoms with Gasteiger partial charge in [0.25, 0.3) is 6.43 Å². The maximum Gasteiger partial charge on any atom is 0.264 e. The van der Waals surface area contributed by atoms with Gasteiger partial charge in [-0.15, -0.1) is 0 Å². The van der Waals surface area contributed by atoms with Crippen LogP contribution in [0.5, 0.6) is 0 Å². The largest absolute Gasteiger partial charge is 0.346 e. The number of carbonyl (C=O) groups excluding carboxylic acids is 1. The number of hydrogen-bond acceptors (Lipinski definition) is 5. The van der Waals surface area contributed by atoms with Gasteiger partial charge in [-0.3, -0.25) is 9.48 Å². The molecule has 2 saturated heterocycles. The van der Waals surface area contributed by atoms with Crippen LogP contribution >= 0.6 is 0 Å². The standard InChI is InChI=1S/C35H47F2N7O/c1-24(45)42-17-10-32-31(22-42)34(23-44(32)28-8-15-41(16-9-28)14-7-25-5-11-38-12-6-25)43-13-3-4-26-18-29(27-20-39-40(2)21-27)30(35(36)37)19-33(26)43/h18-21,23,25,28,35,38H,3-17,22H2,1-2H3. The highest BCUT2D eigenvalue weighted by atomic mass is 19.3. The van der Waals surface area contributed by atoms with Crippen LogP contribution in [0.1, 0.15) is 80.3 Å². The molecule has 45 heavy (non-hydrogen) atoms. The predicted octanol–water partition coefficient (Wildman–Crippen LogP) is 5.84. The fourth-order valence-electron chi connectivity index (χ4n) is 8.23. The van der Waals surface area contributed by atoms with Crippen LogP contribution in [-0.4, -0.2) is 75.9 Å². The van der Waals surface area contributed by atoms with E-state index in [-0.39, 0.29) is 11.5 Å². The van der Waals surface area contributed by atoms with Crippen LogP contribution in [0.3, 0.4) is 0 Å². The Morgan fingerprint density at radius 3 is 2.53 bits per heavy atom. The molecule has 4 aliphatic heterocycles. The zero-order valence-electron chi connectivity index (χ0n) is 26.8. The SMILES string of the molecule is CC(=O)N1CCc2c(c(N3CCCc4cc(-c5cnn(C)c5)c(C(F)F)cc43)cn2C2CCN(CCC3CCNCC3)CC2)C1. The number of fused-ring (bicyclic) bond motifs is 2. The summed E-state index contributed by atoms with van der Waals surface area (Å²) in [6.45, 7) is 9.44. The number of hydrogen-bond donors (Lipinski definition) is 1. The molecular formula is C35H47F2N7O. The van der Waals surface area contributed by atoms with E-state index in [0.717, 1.165) is 99.8 Å². The normalized spacial score (nSPS) is 20.1. The first kappa shape index (κ1) is 30.4. The highest BCUT2D eigenvalue weighted by Gasteiger charge is 2.33. The number of aryl methyl sites for hydroxylation is 2. The first-order chi connectivity index (χ1) is 21.9. The Hall–Kier alpha value is -3.24. The van der Waals surface area contributed by atoms with Crippen molar-refractivity contribution in [3.05, 3.63) is 53.1 Å². The Morgan fingerprint density at radius 2 is 1.82 bits per heavy atom. The fraction of sp³-hybridized carbons (Fsp3) is 0.600. The van der Waals surface area contributed by atoms with E-state index >= 15 is 0 Å². The number of nitrogens with one attached hydrogen (secondary N) is 1. The van der Waals surface area contributed by atoms with Gasteiger partial charge >= 0.3 is 0 Å². The van der Waals surface area contributed by atoms with Crippen LogP contribution in [0, 0.1) is 5.92 Å². The van der Waals surface area contributed by atoms with Gasteiger partial charge in [-0.05, 0) is 93.8 Å². The van der Waals surface area contributed by atoms with E-state index in [1.807, 2.05) is 18.0 Å². The molecule has 1 aromatic carbocycles. The summed E-state index contributed by atoms with van der Waals surface area (Å²) in [5, 5.41) is 7.72. The van der Waals surface area contributed by atoms with Crippen LogP contribution in [-0.2, 0) is 31.2 Å². The third kappa shape index (κ3) is 6.15. The van der Waals surface area contributed by atoms with Crippen LogP contribution in [0.15, 0.2) is 30.7 Å². The number of rotatable bonds is 7. The lowest BCUT2D eigenvalue weighted by Gasteiger charge is -2.36. The van der Waals surface area contributed by atoms with Crippen LogP contribution in [0.25, 0.3) is 11.1 Å². The predicted molar refractivity (Wildman–Crippen MR) is 173 cm³/mol. The molecule has 242 valence electrons. The second-order valence-electron chi connectivity index (χ2n) is 13.6. The molecule has 2 fully saturated rings. The van der Waals surface area contributed by atoms with E-state index in [9.17, 15) is 13.6 Å². The molecule has 0 radical (unpaired) electrons. The van der Waals surface area contributed by atoms with Gasteiger partial charge in [0.05, 0.1) is 11.9 Å². The number of aromatic nitrogens is 3. The lowest BCUT2D eigenvalue weighted by atomic mass is 9.92. The summed E-state index contributed by atoms with van der Waals surface area (Å²) < 4.78 is 33.3. The average Bonchev–Trinajstić information content (AvgIpc) is 3.67. The third-order valence-electron chi connectivity index (χ3n) is 10.8. The van der Waals surface area contributed by atoms with Gasteiger partial charge in [0.1, 0.15) is 0 Å². The molecule has 0 saturated carbocycles. The number of alkyl halides is 2. The summed E-state index contributed by atoms with van der Waals surface area (Å²) in [5.74, 6) is 0.937. The number of amides is 1. The molecule has 4 aliphatic rings. The minimum atomic E-state index is -2.60. The fourth-order valence-corrected chi connectivity index (χ4v) is 8.23. The Morgan fingerprint density at radius 1 is 1.02 bits per heavy atom. The molecule has 1 amide bonds. The van der Waals surface area contributed by atoms with Crippen molar-refractivity contribution in [2.75, 3.05) is 50.7 Å². The molecule has 6 heterocycles. The maximum atomic E-state index is 14.6. The molecule has 2 aromatic heterocycles. The smallest absolute Gasteiger partial charge is 0.264 e. The summed E-state index contributed by atoms with van der Waals surface area (Å²) in [6, 6.07) is 4.10.